The number of hydrogen-bond acceptors (Lipinski definition) is 4. The van der Waals surface area contributed by atoms with Gasteiger partial charge in [-0.2, -0.15) is 0 Å². The maximum absolute atomic E-state index is 11.9. The summed E-state index contributed by atoms with van der Waals surface area (Å²) in [7, 11) is 0. The molecule has 17 heavy (non-hydrogen) atoms. The van der Waals surface area contributed by atoms with Gasteiger partial charge >= 0.3 is 5.97 Å². The topological polar surface area (TPSA) is 38.3 Å². The summed E-state index contributed by atoms with van der Waals surface area (Å²) in [6, 6.07) is 1.85. The Balaban J connectivity index is 2.86. The van der Waals surface area contributed by atoms with Crippen LogP contribution in [0.4, 0.5) is 0 Å². The van der Waals surface area contributed by atoms with Crippen LogP contribution in [0.15, 0.2) is 15.9 Å². The van der Waals surface area contributed by atoms with Gasteiger partial charge in [-0.15, -0.1) is 11.3 Å². The van der Waals surface area contributed by atoms with Gasteiger partial charge in [0.15, 0.2) is 0 Å². The van der Waals surface area contributed by atoms with E-state index in [1.54, 1.807) is 11.3 Å². The summed E-state index contributed by atoms with van der Waals surface area (Å²) in [5, 5.41) is 5.26. The Labute approximate surface area is 115 Å². The normalized spacial score (nSPS) is 14.4. The molecule has 0 aliphatic rings. The van der Waals surface area contributed by atoms with Gasteiger partial charge in [-0.05, 0) is 47.6 Å². The summed E-state index contributed by atoms with van der Waals surface area (Å²) >= 11 is 5.01. The molecule has 0 saturated heterocycles. The molecule has 1 aromatic rings. The molecule has 0 saturated carbocycles. The maximum atomic E-state index is 11.9. The quantitative estimate of drug-likeness (QED) is 0.815. The van der Waals surface area contributed by atoms with E-state index in [2.05, 4.69) is 35.1 Å². The van der Waals surface area contributed by atoms with Crippen molar-refractivity contribution in [2.75, 3.05) is 6.61 Å². The third kappa shape index (κ3) is 4.08. The predicted octanol–water partition coefficient (Wildman–Crippen LogP) is 3.50. The van der Waals surface area contributed by atoms with E-state index >= 15 is 0 Å². The van der Waals surface area contributed by atoms with E-state index in [4.69, 9.17) is 4.74 Å². The lowest BCUT2D eigenvalue weighted by atomic mass is 10.2. The number of hydrogen-bond donors (Lipinski definition) is 1. The molecular formula is C12H18BrNO2S. The van der Waals surface area contributed by atoms with Crippen LogP contribution in [-0.4, -0.2) is 18.6 Å². The molecule has 96 valence electrons. The average Bonchev–Trinajstić information content (AvgIpc) is 2.72. The number of nitrogens with one attached hydrogen (secondary N) is 1. The standard InChI is InChI=1S/C12H18BrNO2S/c1-4-8(3)14-10(12(15)16-5-2)11-9(13)6-7-17-11/h6-8,10,14H,4-5H2,1-3H3. The molecular weight excluding hydrogens is 302 g/mol. The van der Waals surface area contributed by atoms with E-state index in [1.807, 2.05) is 18.4 Å². The molecule has 1 N–H and O–H groups in total. The Kier molecular flexibility index (Phi) is 6.16. The van der Waals surface area contributed by atoms with Crippen LogP contribution in [0.5, 0.6) is 0 Å². The van der Waals surface area contributed by atoms with Crippen molar-refractivity contribution in [2.24, 2.45) is 0 Å². The smallest absolute Gasteiger partial charge is 0.328 e. The van der Waals surface area contributed by atoms with Crippen LogP contribution >= 0.6 is 27.3 Å². The van der Waals surface area contributed by atoms with Crippen molar-refractivity contribution in [1.29, 1.82) is 0 Å². The van der Waals surface area contributed by atoms with Gasteiger partial charge in [0.1, 0.15) is 6.04 Å². The number of rotatable bonds is 6. The summed E-state index contributed by atoms with van der Waals surface area (Å²) in [4.78, 5) is 12.9. The van der Waals surface area contributed by atoms with Crippen LogP contribution in [0.2, 0.25) is 0 Å². The minimum atomic E-state index is -0.376. The molecule has 1 heterocycles. The molecule has 2 atom stereocenters. The highest BCUT2D eigenvalue weighted by atomic mass is 79.9. The molecule has 0 radical (unpaired) electrons. The molecule has 5 heteroatoms. The lowest BCUT2D eigenvalue weighted by Crippen LogP contribution is -2.35. The average molecular weight is 320 g/mol. The second kappa shape index (κ2) is 7.13. The Hall–Kier alpha value is -0.390. The lowest BCUT2D eigenvalue weighted by Gasteiger charge is -2.20. The molecule has 0 bridgehead atoms. The van der Waals surface area contributed by atoms with Crippen molar-refractivity contribution in [3.05, 3.63) is 20.8 Å². The maximum Gasteiger partial charge on any atom is 0.328 e. The molecule has 0 aliphatic heterocycles. The van der Waals surface area contributed by atoms with Gasteiger partial charge in [-0.25, -0.2) is 4.79 Å². The lowest BCUT2D eigenvalue weighted by molar-refractivity contribution is -0.146. The van der Waals surface area contributed by atoms with Crippen LogP contribution in [0.25, 0.3) is 0 Å². The first-order chi connectivity index (χ1) is 8.10. The van der Waals surface area contributed by atoms with E-state index in [-0.39, 0.29) is 18.1 Å². The van der Waals surface area contributed by atoms with E-state index in [9.17, 15) is 4.79 Å². The molecule has 2 unspecified atom stereocenters. The SMILES string of the molecule is CCOC(=O)C(NC(C)CC)c1sccc1Br. The molecule has 0 amide bonds. The number of ether oxygens (including phenoxy) is 1. The number of carbonyl (C=O) groups excluding carboxylic acids is 1. The first-order valence-corrected chi connectivity index (χ1v) is 7.42. The monoisotopic (exact) mass is 319 g/mol. The number of halogens is 1. The molecule has 0 fully saturated rings. The zero-order valence-corrected chi connectivity index (χ0v) is 12.7. The van der Waals surface area contributed by atoms with Crippen LogP contribution in [0.1, 0.15) is 38.1 Å². The van der Waals surface area contributed by atoms with Gasteiger partial charge < -0.3 is 4.74 Å². The first-order valence-electron chi connectivity index (χ1n) is 5.75. The Morgan fingerprint density at radius 3 is 2.76 bits per heavy atom. The number of esters is 1. The van der Waals surface area contributed by atoms with E-state index < -0.39 is 0 Å². The molecule has 0 spiro atoms. The third-order valence-corrected chi connectivity index (χ3v) is 4.43. The summed E-state index contributed by atoms with van der Waals surface area (Å²) < 4.78 is 6.07. The minimum absolute atomic E-state index is 0.212. The molecule has 0 aliphatic carbocycles. The van der Waals surface area contributed by atoms with Crippen LogP contribution in [0, 0.1) is 0 Å². The number of thiophene rings is 1. The predicted molar refractivity (Wildman–Crippen MR) is 74.3 cm³/mol. The van der Waals surface area contributed by atoms with E-state index in [0.717, 1.165) is 15.8 Å². The van der Waals surface area contributed by atoms with Crippen molar-refractivity contribution in [3.63, 3.8) is 0 Å². The van der Waals surface area contributed by atoms with Crippen molar-refractivity contribution in [2.45, 2.75) is 39.3 Å². The highest BCUT2D eigenvalue weighted by Gasteiger charge is 2.26. The van der Waals surface area contributed by atoms with Crippen LogP contribution < -0.4 is 5.32 Å². The summed E-state index contributed by atoms with van der Waals surface area (Å²) in [6.45, 7) is 6.37. The van der Waals surface area contributed by atoms with Crippen molar-refractivity contribution in [3.8, 4) is 0 Å². The Morgan fingerprint density at radius 1 is 1.59 bits per heavy atom. The van der Waals surface area contributed by atoms with Crippen molar-refractivity contribution in [1.82, 2.24) is 5.32 Å². The van der Waals surface area contributed by atoms with Gasteiger partial charge in [0.05, 0.1) is 6.61 Å². The first kappa shape index (κ1) is 14.7. The van der Waals surface area contributed by atoms with Gasteiger partial charge in [-0.1, -0.05) is 6.92 Å². The summed E-state index contributed by atoms with van der Waals surface area (Å²) in [5.41, 5.74) is 0. The van der Waals surface area contributed by atoms with Gasteiger partial charge in [0, 0.05) is 15.4 Å². The third-order valence-electron chi connectivity index (χ3n) is 2.49. The summed E-state index contributed by atoms with van der Waals surface area (Å²) in [5.74, 6) is -0.212. The second-order valence-electron chi connectivity index (χ2n) is 3.79. The van der Waals surface area contributed by atoms with Crippen LogP contribution in [0.3, 0.4) is 0 Å². The fourth-order valence-electron chi connectivity index (χ4n) is 1.39. The number of carbonyl (C=O) groups is 1. The van der Waals surface area contributed by atoms with Gasteiger partial charge in [0.25, 0.3) is 0 Å². The van der Waals surface area contributed by atoms with Crippen molar-refractivity contribution >= 4 is 33.2 Å². The second-order valence-corrected chi connectivity index (χ2v) is 5.60. The molecule has 3 nitrogen and oxygen atoms in total. The highest BCUT2D eigenvalue weighted by molar-refractivity contribution is 9.10. The van der Waals surface area contributed by atoms with Crippen LogP contribution in [-0.2, 0) is 9.53 Å². The van der Waals surface area contributed by atoms with Gasteiger partial charge in [0.2, 0.25) is 0 Å². The summed E-state index contributed by atoms with van der Waals surface area (Å²) in [6.07, 6.45) is 0.971. The van der Waals surface area contributed by atoms with Crippen molar-refractivity contribution < 1.29 is 9.53 Å². The zero-order chi connectivity index (χ0) is 12.8. The molecule has 1 aromatic heterocycles. The zero-order valence-electron chi connectivity index (χ0n) is 10.3. The largest absolute Gasteiger partial charge is 0.465 e. The van der Waals surface area contributed by atoms with Gasteiger partial charge in [-0.3, -0.25) is 5.32 Å². The fourth-order valence-corrected chi connectivity index (χ4v) is 3.04. The fraction of sp³-hybridized carbons (Fsp3) is 0.583. The van der Waals surface area contributed by atoms with E-state index in [1.165, 1.54) is 0 Å². The minimum Gasteiger partial charge on any atom is -0.465 e. The highest BCUT2D eigenvalue weighted by Crippen LogP contribution is 2.30. The van der Waals surface area contributed by atoms with E-state index in [0.29, 0.717) is 6.61 Å². The Bertz CT molecular complexity index is 367. The molecule has 1 rings (SSSR count). The Morgan fingerprint density at radius 2 is 2.29 bits per heavy atom. The molecule has 0 aromatic carbocycles.